The second-order valence-electron chi connectivity index (χ2n) is 7.35. The molecule has 1 atom stereocenters. The highest BCUT2D eigenvalue weighted by Crippen LogP contribution is 2.41. The summed E-state index contributed by atoms with van der Waals surface area (Å²) in [6, 6.07) is 3.29. The summed E-state index contributed by atoms with van der Waals surface area (Å²) in [6.45, 7) is 2.30. The number of anilines is 2. The van der Waals surface area contributed by atoms with E-state index in [1.54, 1.807) is 12.1 Å². The Kier molecular flexibility index (Phi) is 7.36. The summed E-state index contributed by atoms with van der Waals surface area (Å²) in [7, 11) is 9.22. The highest BCUT2D eigenvalue weighted by molar-refractivity contribution is 6.02. The number of carbonyl (C=O) groups excluding carboxylic acids is 1. The van der Waals surface area contributed by atoms with Crippen molar-refractivity contribution in [1.82, 2.24) is 9.80 Å². The summed E-state index contributed by atoms with van der Waals surface area (Å²) in [5.41, 5.74) is 0.967. The van der Waals surface area contributed by atoms with Crippen LogP contribution in [0.2, 0.25) is 0 Å². The predicted molar refractivity (Wildman–Crippen MR) is 110 cm³/mol. The third kappa shape index (κ3) is 5.43. The molecule has 0 spiro atoms. The van der Waals surface area contributed by atoms with E-state index in [1.807, 2.05) is 33.1 Å². The minimum atomic E-state index is -0.506. The van der Waals surface area contributed by atoms with Gasteiger partial charge in [-0.1, -0.05) is 6.08 Å². The fraction of sp³-hybridized carbons (Fsp3) is 0.526. The van der Waals surface area contributed by atoms with Crippen molar-refractivity contribution >= 4 is 23.0 Å². The van der Waals surface area contributed by atoms with Gasteiger partial charge in [-0.05, 0) is 34.6 Å². The summed E-state index contributed by atoms with van der Waals surface area (Å²) in [6.07, 6.45) is 4.20. The molecule has 9 heteroatoms. The SMILES string of the molecule is COc1cc(N2CCC2CN(C)C)c(NC(=O)/C=C/CN(C)C)cc1[N+](=O)[O-]. The summed E-state index contributed by atoms with van der Waals surface area (Å²) in [4.78, 5) is 29.4. The molecule has 9 nitrogen and oxygen atoms in total. The lowest BCUT2D eigenvalue weighted by Crippen LogP contribution is -2.53. The lowest BCUT2D eigenvalue weighted by atomic mass is 10.00. The Bertz CT molecular complexity index is 748. The number of nitro groups is 1. The summed E-state index contributed by atoms with van der Waals surface area (Å²) in [5.74, 6) is -0.149. The number of likely N-dealkylation sites (N-methyl/N-ethyl adjacent to an activating group) is 2. The van der Waals surface area contributed by atoms with Crippen LogP contribution in [-0.2, 0) is 4.79 Å². The summed E-state index contributed by atoms with van der Waals surface area (Å²) >= 11 is 0. The van der Waals surface area contributed by atoms with E-state index < -0.39 is 4.92 Å². The van der Waals surface area contributed by atoms with E-state index in [2.05, 4.69) is 15.1 Å². The number of carbonyl (C=O) groups is 1. The number of hydrogen-bond donors (Lipinski definition) is 1. The first-order valence-electron chi connectivity index (χ1n) is 9.13. The van der Waals surface area contributed by atoms with Crippen LogP contribution in [0.15, 0.2) is 24.3 Å². The summed E-state index contributed by atoms with van der Waals surface area (Å²) in [5, 5.41) is 14.2. The van der Waals surface area contributed by atoms with E-state index in [0.717, 1.165) is 25.2 Å². The first-order chi connectivity index (χ1) is 13.2. The van der Waals surface area contributed by atoms with E-state index in [4.69, 9.17) is 4.74 Å². The molecule has 1 unspecified atom stereocenters. The van der Waals surface area contributed by atoms with Gasteiger partial charge in [0.2, 0.25) is 5.91 Å². The number of nitro benzene ring substituents is 1. The van der Waals surface area contributed by atoms with Crippen LogP contribution < -0.4 is 15.0 Å². The van der Waals surface area contributed by atoms with Crippen LogP contribution in [0.4, 0.5) is 17.1 Å². The zero-order valence-electron chi connectivity index (χ0n) is 17.1. The molecule has 1 aliphatic rings. The van der Waals surface area contributed by atoms with Crippen molar-refractivity contribution in [2.75, 3.05) is 65.2 Å². The van der Waals surface area contributed by atoms with Gasteiger partial charge in [-0.15, -0.1) is 0 Å². The predicted octanol–water partition coefficient (Wildman–Crippen LogP) is 1.80. The number of nitrogens with one attached hydrogen (secondary N) is 1. The van der Waals surface area contributed by atoms with E-state index in [1.165, 1.54) is 19.3 Å². The topological polar surface area (TPSA) is 91.2 Å². The van der Waals surface area contributed by atoms with Gasteiger partial charge in [0.25, 0.3) is 0 Å². The molecule has 0 saturated carbocycles. The number of methoxy groups -OCH3 is 1. The van der Waals surface area contributed by atoms with E-state index in [0.29, 0.717) is 12.2 Å². The van der Waals surface area contributed by atoms with E-state index in [-0.39, 0.29) is 23.4 Å². The molecule has 1 aliphatic heterocycles. The molecule has 154 valence electrons. The van der Waals surface area contributed by atoms with Crippen molar-refractivity contribution in [1.29, 1.82) is 0 Å². The van der Waals surface area contributed by atoms with Crippen LogP contribution in [0.25, 0.3) is 0 Å². The molecule has 0 radical (unpaired) electrons. The van der Waals surface area contributed by atoms with Crippen molar-refractivity contribution < 1.29 is 14.5 Å². The quantitative estimate of drug-likeness (QED) is 0.390. The average molecular weight is 391 g/mol. The molecule has 0 aromatic heterocycles. The van der Waals surface area contributed by atoms with Crippen molar-refractivity contribution in [2.45, 2.75) is 12.5 Å². The van der Waals surface area contributed by atoms with E-state index >= 15 is 0 Å². The number of benzene rings is 1. The molecule has 1 aromatic rings. The third-order valence-corrected chi connectivity index (χ3v) is 4.52. The van der Waals surface area contributed by atoms with Gasteiger partial charge in [-0.25, -0.2) is 0 Å². The zero-order chi connectivity index (χ0) is 20.8. The highest BCUT2D eigenvalue weighted by Gasteiger charge is 2.32. The molecule has 1 N–H and O–H groups in total. The fourth-order valence-electron chi connectivity index (χ4n) is 3.12. The van der Waals surface area contributed by atoms with Gasteiger partial charge in [0.1, 0.15) is 0 Å². The fourth-order valence-corrected chi connectivity index (χ4v) is 3.12. The molecule has 0 aliphatic carbocycles. The number of rotatable bonds is 9. The minimum absolute atomic E-state index is 0.177. The molecular weight excluding hydrogens is 362 g/mol. The molecular formula is C19H29N5O4. The van der Waals surface area contributed by atoms with E-state index in [9.17, 15) is 14.9 Å². The van der Waals surface area contributed by atoms with Gasteiger partial charge in [0.05, 0.1) is 23.4 Å². The molecule has 1 saturated heterocycles. The Morgan fingerprint density at radius 3 is 2.57 bits per heavy atom. The van der Waals surface area contributed by atoms with Crippen LogP contribution in [-0.4, -0.2) is 81.6 Å². The molecule has 1 amide bonds. The van der Waals surface area contributed by atoms with Crippen LogP contribution >= 0.6 is 0 Å². The number of amides is 1. The van der Waals surface area contributed by atoms with Gasteiger partial charge in [0.15, 0.2) is 5.75 Å². The van der Waals surface area contributed by atoms with Crippen LogP contribution in [0.1, 0.15) is 6.42 Å². The monoisotopic (exact) mass is 391 g/mol. The lowest BCUT2D eigenvalue weighted by Gasteiger charge is -2.44. The molecule has 0 bridgehead atoms. The maximum absolute atomic E-state index is 12.3. The van der Waals surface area contributed by atoms with Gasteiger partial charge in [-0.3, -0.25) is 14.9 Å². The molecule has 1 fully saturated rings. The Morgan fingerprint density at radius 2 is 2.07 bits per heavy atom. The van der Waals surface area contributed by atoms with Crippen LogP contribution in [0, 0.1) is 10.1 Å². The van der Waals surface area contributed by atoms with Gasteiger partial charge < -0.3 is 24.8 Å². The zero-order valence-corrected chi connectivity index (χ0v) is 17.1. The number of hydrogen-bond acceptors (Lipinski definition) is 7. The number of nitrogens with zero attached hydrogens (tertiary/aromatic N) is 4. The minimum Gasteiger partial charge on any atom is -0.490 e. The Hall–Kier alpha value is -2.65. The average Bonchev–Trinajstić information content (AvgIpc) is 2.59. The first-order valence-corrected chi connectivity index (χ1v) is 9.13. The third-order valence-electron chi connectivity index (χ3n) is 4.52. The Labute approximate surface area is 165 Å². The van der Waals surface area contributed by atoms with Gasteiger partial charge >= 0.3 is 5.69 Å². The molecule has 2 rings (SSSR count). The van der Waals surface area contributed by atoms with Crippen molar-refractivity contribution in [3.8, 4) is 5.75 Å². The molecule has 1 heterocycles. The Balaban J connectivity index is 2.35. The second kappa shape index (κ2) is 9.52. The standard InChI is InChI=1S/C19H29N5O4/c1-21(2)9-6-7-19(25)20-15-11-17(24(26)27)18(28-5)12-16(15)23-10-8-14(23)13-22(3)4/h6-7,11-12,14H,8-10,13H2,1-5H3,(H,20,25)/b7-6+. The molecule has 1 aromatic carbocycles. The van der Waals surface area contributed by atoms with Crippen LogP contribution in [0.3, 0.4) is 0 Å². The Morgan fingerprint density at radius 1 is 1.36 bits per heavy atom. The van der Waals surface area contributed by atoms with Crippen molar-refractivity contribution in [3.05, 3.63) is 34.4 Å². The highest BCUT2D eigenvalue weighted by atomic mass is 16.6. The van der Waals surface area contributed by atoms with Crippen LogP contribution in [0.5, 0.6) is 5.75 Å². The maximum atomic E-state index is 12.3. The lowest BCUT2D eigenvalue weighted by molar-refractivity contribution is -0.385. The first kappa shape index (κ1) is 21.6. The largest absolute Gasteiger partial charge is 0.490 e. The van der Waals surface area contributed by atoms with Gasteiger partial charge in [0, 0.05) is 43.9 Å². The number of ether oxygens (including phenoxy) is 1. The smallest absolute Gasteiger partial charge is 0.313 e. The molecule has 28 heavy (non-hydrogen) atoms. The van der Waals surface area contributed by atoms with Gasteiger partial charge in [-0.2, -0.15) is 0 Å². The van der Waals surface area contributed by atoms with Crippen molar-refractivity contribution in [2.24, 2.45) is 0 Å². The normalized spacial score (nSPS) is 16.5. The maximum Gasteiger partial charge on any atom is 0.313 e. The summed E-state index contributed by atoms with van der Waals surface area (Å²) < 4.78 is 5.22. The van der Waals surface area contributed by atoms with Crippen molar-refractivity contribution in [3.63, 3.8) is 0 Å². The second-order valence-corrected chi connectivity index (χ2v) is 7.35.